The van der Waals surface area contributed by atoms with E-state index in [1.54, 1.807) is 11.0 Å². The Bertz CT molecular complexity index is 710. The van der Waals surface area contributed by atoms with Crippen molar-refractivity contribution in [1.82, 2.24) is 4.98 Å². The second kappa shape index (κ2) is 7.21. The lowest BCUT2D eigenvalue weighted by Crippen LogP contribution is -2.46. The molecule has 2 fully saturated rings. The van der Waals surface area contributed by atoms with Crippen LogP contribution in [0.2, 0.25) is 0 Å². The number of anilines is 1. The van der Waals surface area contributed by atoms with Gasteiger partial charge in [0.1, 0.15) is 0 Å². The standard InChI is InChI=1S/C20H27F3N2O3/c1-13(2)19(27)8-6-18(7-9-19)10-11-25(17(18)26)15-4-5-16(24-12-15)28-14(3)20(21,22)23/h4-5,12-14,27H,6-11H2,1-3H3/t14-,18?,19?/m0/s1. The average molecular weight is 400 g/mol. The number of nitrogens with zero attached hydrogens (tertiary/aromatic N) is 2. The minimum absolute atomic E-state index is 0.0115. The fourth-order valence-electron chi connectivity index (χ4n) is 4.12. The van der Waals surface area contributed by atoms with E-state index < -0.39 is 23.3 Å². The van der Waals surface area contributed by atoms with Gasteiger partial charge in [-0.25, -0.2) is 4.98 Å². The third-order valence-electron chi connectivity index (χ3n) is 6.45. The number of aromatic nitrogens is 1. The Morgan fingerprint density at radius 1 is 1.14 bits per heavy atom. The van der Waals surface area contributed by atoms with Crippen LogP contribution in [0, 0.1) is 11.3 Å². The molecule has 1 aliphatic heterocycles. The van der Waals surface area contributed by atoms with Crippen molar-refractivity contribution in [1.29, 1.82) is 0 Å². The van der Waals surface area contributed by atoms with Gasteiger partial charge in [0.05, 0.1) is 22.9 Å². The molecule has 1 amide bonds. The molecule has 28 heavy (non-hydrogen) atoms. The van der Waals surface area contributed by atoms with Crippen LogP contribution in [0.3, 0.4) is 0 Å². The Morgan fingerprint density at radius 2 is 1.79 bits per heavy atom. The highest BCUT2D eigenvalue weighted by molar-refractivity contribution is 5.99. The van der Waals surface area contributed by atoms with E-state index in [9.17, 15) is 23.1 Å². The highest BCUT2D eigenvalue weighted by atomic mass is 19.4. The summed E-state index contributed by atoms with van der Waals surface area (Å²) in [7, 11) is 0. The molecule has 1 saturated carbocycles. The molecule has 0 aromatic carbocycles. The summed E-state index contributed by atoms with van der Waals surface area (Å²) < 4.78 is 42.6. The van der Waals surface area contributed by atoms with E-state index in [1.165, 1.54) is 12.3 Å². The maximum absolute atomic E-state index is 13.1. The van der Waals surface area contributed by atoms with Gasteiger partial charge in [0.15, 0.2) is 6.10 Å². The summed E-state index contributed by atoms with van der Waals surface area (Å²) in [6.45, 7) is 5.45. The van der Waals surface area contributed by atoms with Crippen molar-refractivity contribution in [3.05, 3.63) is 18.3 Å². The predicted molar refractivity (Wildman–Crippen MR) is 98.0 cm³/mol. The number of ether oxygens (including phenoxy) is 1. The SMILES string of the molecule is CC(C)C1(O)CCC2(CCN(c3ccc(O[C@@H](C)C(F)(F)F)nc3)C2=O)CC1. The fourth-order valence-corrected chi connectivity index (χ4v) is 4.12. The van der Waals surface area contributed by atoms with Crippen LogP contribution in [0.25, 0.3) is 0 Å². The van der Waals surface area contributed by atoms with Gasteiger partial charge in [-0.3, -0.25) is 4.79 Å². The van der Waals surface area contributed by atoms with Crippen LogP contribution >= 0.6 is 0 Å². The Morgan fingerprint density at radius 3 is 2.29 bits per heavy atom. The Labute approximate surface area is 162 Å². The van der Waals surface area contributed by atoms with Gasteiger partial charge in [-0.05, 0) is 51.0 Å². The number of rotatable bonds is 4. The number of carbonyl (C=O) groups excluding carboxylic acids is 1. The van der Waals surface area contributed by atoms with Gasteiger partial charge in [-0.15, -0.1) is 0 Å². The number of alkyl halides is 3. The second-order valence-electron chi connectivity index (χ2n) is 8.40. The normalized spacial score (nSPS) is 29.6. The highest BCUT2D eigenvalue weighted by Gasteiger charge is 2.52. The molecule has 1 atom stereocenters. The zero-order chi connectivity index (χ0) is 20.7. The fraction of sp³-hybridized carbons (Fsp3) is 0.700. The first-order valence-electron chi connectivity index (χ1n) is 9.71. The van der Waals surface area contributed by atoms with Crippen molar-refractivity contribution in [3.63, 3.8) is 0 Å². The van der Waals surface area contributed by atoms with E-state index in [1.807, 2.05) is 13.8 Å². The quantitative estimate of drug-likeness (QED) is 0.827. The first kappa shape index (κ1) is 20.9. The molecule has 1 aromatic heterocycles. The van der Waals surface area contributed by atoms with Crippen molar-refractivity contribution in [2.24, 2.45) is 11.3 Å². The zero-order valence-corrected chi connectivity index (χ0v) is 16.4. The monoisotopic (exact) mass is 400 g/mol. The summed E-state index contributed by atoms with van der Waals surface area (Å²) >= 11 is 0. The van der Waals surface area contributed by atoms with E-state index in [-0.39, 0.29) is 17.7 Å². The van der Waals surface area contributed by atoms with Crippen molar-refractivity contribution in [3.8, 4) is 5.88 Å². The molecule has 3 rings (SSSR count). The molecule has 0 unspecified atom stereocenters. The van der Waals surface area contributed by atoms with Gasteiger partial charge < -0.3 is 14.7 Å². The van der Waals surface area contributed by atoms with Crippen LogP contribution in [-0.4, -0.2) is 40.4 Å². The molecule has 1 aromatic rings. The largest absolute Gasteiger partial charge is 0.465 e. The Balaban J connectivity index is 1.67. The predicted octanol–water partition coefficient (Wildman–Crippen LogP) is 4.10. The lowest BCUT2D eigenvalue weighted by Gasteiger charge is -2.43. The Hall–Kier alpha value is -1.83. The van der Waals surface area contributed by atoms with E-state index >= 15 is 0 Å². The van der Waals surface area contributed by atoms with E-state index in [0.717, 1.165) is 6.92 Å². The average Bonchev–Trinajstić information content (AvgIpc) is 2.94. The van der Waals surface area contributed by atoms with Gasteiger partial charge in [-0.1, -0.05) is 13.8 Å². The van der Waals surface area contributed by atoms with Crippen molar-refractivity contribution >= 4 is 11.6 Å². The third kappa shape index (κ3) is 3.83. The van der Waals surface area contributed by atoms with Crippen molar-refractivity contribution in [2.45, 2.75) is 70.8 Å². The highest BCUT2D eigenvalue weighted by Crippen LogP contribution is 2.50. The van der Waals surface area contributed by atoms with Crippen LogP contribution < -0.4 is 9.64 Å². The lowest BCUT2D eigenvalue weighted by atomic mass is 9.65. The molecule has 5 nitrogen and oxygen atoms in total. The number of aliphatic hydroxyl groups is 1. The smallest absolute Gasteiger partial charge is 0.425 e. The molecule has 2 aliphatic rings. The summed E-state index contributed by atoms with van der Waals surface area (Å²) in [5.41, 5.74) is -0.617. The summed E-state index contributed by atoms with van der Waals surface area (Å²) in [4.78, 5) is 18.7. The van der Waals surface area contributed by atoms with E-state index in [0.29, 0.717) is 44.3 Å². The van der Waals surface area contributed by atoms with Crippen LogP contribution in [-0.2, 0) is 4.79 Å². The minimum Gasteiger partial charge on any atom is -0.465 e. The number of amides is 1. The molecule has 1 spiro atoms. The summed E-state index contributed by atoms with van der Waals surface area (Å²) in [5, 5.41) is 10.7. The molecular weight excluding hydrogens is 373 g/mol. The molecule has 1 saturated heterocycles. The number of pyridine rings is 1. The molecule has 156 valence electrons. The first-order valence-corrected chi connectivity index (χ1v) is 9.71. The number of halogens is 3. The van der Waals surface area contributed by atoms with Crippen molar-refractivity contribution < 1.29 is 27.8 Å². The van der Waals surface area contributed by atoms with E-state index in [4.69, 9.17) is 4.74 Å². The van der Waals surface area contributed by atoms with E-state index in [2.05, 4.69) is 4.98 Å². The van der Waals surface area contributed by atoms with Gasteiger partial charge in [0.25, 0.3) is 0 Å². The number of carbonyl (C=O) groups is 1. The van der Waals surface area contributed by atoms with Crippen LogP contribution in [0.1, 0.15) is 52.9 Å². The lowest BCUT2D eigenvalue weighted by molar-refractivity contribution is -0.189. The van der Waals surface area contributed by atoms with Gasteiger partial charge in [0, 0.05) is 12.6 Å². The molecule has 1 aliphatic carbocycles. The van der Waals surface area contributed by atoms with Crippen LogP contribution in [0.4, 0.5) is 18.9 Å². The molecule has 2 heterocycles. The van der Waals surface area contributed by atoms with Gasteiger partial charge >= 0.3 is 6.18 Å². The molecular formula is C20H27F3N2O3. The topological polar surface area (TPSA) is 62.7 Å². The second-order valence-corrected chi connectivity index (χ2v) is 8.40. The zero-order valence-electron chi connectivity index (χ0n) is 16.4. The molecule has 0 bridgehead atoms. The molecule has 1 N–H and O–H groups in total. The summed E-state index contributed by atoms with van der Waals surface area (Å²) in [6.07, 6.45) is -1.83. The maximum atomic E-state index is 13.1. The first-order chi connectivity index (χ1) is 13.0. The molecule has 0 radical (unpaired) electrons. The minimum atomic E-state index is -4.46. The summed E-state index contributed by atoms with van der Waals surface area (Å²) in [6, 6.07) is 2.92. The maximum Gasteiger partial charge on any atom is 0.425 e. The molecule has 8 heteroatoms. The van der Waals surface area contributed by atoms with Gasteiger partial charge in [-0.2, -0.15) is 13.2 Å². The summed E-state index contributed by atoms with van der Waals surface area (Å²) in [5.74, 6) is 0.0281. The van der Waals surface area contributed by atoms with Gasteiger partial charge in [0.2, 0.25) is 11.8 Å². The van der Waals surface area contributed by atoms with Crippen LogP contribution in [0.15, 0.2) is 18.3 Å². The third-order valence-corrected chi connectivity index (χ3v) is 6.45. The van der Waals surface area contributed by atoms with Crippen molar-refractivity contribution in [2.75, 3.05) is 11.4 Å². The number of hydrogen-bond donors (Lipinski definition) is 1. The Kier molecular flexibility index (Phi) is 5.38. The number of hydrogen-bond acceptors (Lipinski definition) is 4. The van der Waals surface area contributed by atoms with Crippen LogP contribution in [0.5, 0.6) is 5.88 Å².